The zero-order valence-corrected chi connectivity index (χ0v) is 27.2. The first-order valence-electron chi connectivity index (χ1n) is 15.9. The lowest BCUT2D eigenvalue weighted by atomic mass is 10.1. The van der Waals surface area contributed by atoms with Gasteiger partial charge < -0.3 is 25.4 Å². The van der Waals surface area contributed by atoms with Crippen LogP contribution in [0, 0.1) is 11.6 Å². The number of carbonyl (C=O) groups is 1. The van der Waals surface area contributed by atoms with E-state index in [1.54, 1.807) is 43.1 Å². The zero-order chi connectivity index (χ0) is 34.3. The van der Waals surface area contributed by atoms with Crippen LogP contribution in [0.5, 0.6) is 5.75 Å². The third-order valence-electron chi connectivity index (χ3n) is 7.62. The van der Waals surface area contributed by atoms with Gasteiger partial charge in [-0.2, -0.15) is 5.10 Å². The van der Waals surface area contributed by atoms with Gasteiger partial charge >= 0.3 is 0 Å². The van der Waals surface area contributed by atoms with Crippen molar-refractivity contribution in [1.82, 2.24) is 39.7 Å². The van der Waals surface area contributed by atoms with Gasteiger partial charge in [-0.3, -0.25) is 9.48 Å². The van der Waals surface area contributed by atoms with Gasteiger partial charge in [-0.25, -0.2) is 38.7 Å². The Labute approximate surface area is 280 Å². The number of hydrogen-bond donors (Lipinski definition) is 3. The molecular weight excluding hydrogens is 636 g/mol. The fourth-order valence-electron chi connectivity index (χ4n) is 5.31. The number of aromatic nitrogens is 8. The van der Waals surface area contributed by atoms with E-state index >= 15 is 8.78 Å². The minimum Gasteiger partial charge on any atom is -0.494 e. The number of halogens is 2. The zero-order valence-electron chi connectivity index (χ0n) is 27.2. The Hall–Kier alpha value is -5.64. The predicted molar refractivity (Wildman–Crippen MR) is 177 cm³/mol. The number of nitrogens with one attached hydrogen (secondary N) is 3. The van der Waals surface area contributed by atoms with Gasteiger partial charge in [0.1, 0.15) is 59.7 Å². The highest BCUT2D eigenvalue weighted by atomic mass is 19.1. The molecule has 254 valence electrons. The van der Waals surface area contributed by atoms with Crippen molar-refractivity contribution in [3.05, 3.63) is 77.8 Å². The molecule has 49 heavy (non-hydrogen) atoms. The average molecular weight is 672 g/mol. The summed E-state index contributed by atoms with van der Waals surface area (Å²) in [4.78, 5) is 39.1. The minimum absolute atomic E-state index is 0.119. The average Bonchev–Trinajstić information content (AvgIpc) is 3.87. The van der Waals surface area contributed by atoms with E-state index in [0.29, 0.717) is 30.4 Å². The molecular formula is C33H35F2N11O3. The normalized spacial score (nSPS) is 12.5. The monoisotopic (exact) mass is 671 g/mol. The van der Waals surface area contributed by atoms with Gasteiger partial charge in [-0.15, -0.1) is 0 Å². The van der Waals surface area contributed by atoms with E-state index in [2.05, 4.69) is 35.9 Å². The molecule has 1 amide bonds. The van der Waals surface area contributed by atoms with Crippen LogP contribution in [-0.4, -0.2) is 65.4 Å². The van der Waals surface area contributed by atoms with Crippen molar-refractivity contribution in [2.24, 2.45) is 0 Å². The molecule has 4 heterocycles. The Kier molecular flexibility index (Phi) is 10.2. The molecule has 14 nitrogen and oxygen atoms in total. The Morgan fingerprint density at radius 1 is 0.918 bits per heavy atom. The fraction of sp³-hybridized carbons (Fsp3) is 0.333. The lowest BCUT2D eigenvalue weighted by molar-refractivity contribution is -0.120. The van der Waals surface area contributed by atoms with E-state index in [4.69, 9.17) is 24.5 Å². The number of carbonyl (C=O) groups excluding carboxylic acids is 1. The second-order valence-electron chi connectivity index (χ2n) is 11.0. The molecule has 0 unspecified atom stereocenters. The van der Waals surface area contributed by atoms with Gasteiger partial charge in [-0.1, -0.05) is 6.92 Å². The third kappa shape index (κ3) is 7.75. The van der Waals surface area contributed by atoms with Gasteiger partial charge in [0, 0.05) is 53.9 Å². The van der Waals surface area contributed by atoms with Crippen LogP contribution in [0.1, 0.15) is 56.4 Å². The van der Waals surface area contributed by atoms with Crippen molar-refractivity contribution in [2.75, 3.05) is 35.8 Å². The van der Waals surface area contributed by atoms with Crippen LogP contribution in [0.4, 0.5) is 37.7 Å². The van der Waals surface area contributed by atoms with Gasteiger partial charge in [0.2, 0.25) is 0 Å². The maximum Gasteiger partial charge on any atom is 0.250 e. The SMILES string of the molecule is CCOCC(=O)Nc1c(Nc2ccncn2)nc(-c2nn(Cc3c(F)cc(OCC)cc3F)c(C3CC3)c2CC)nc1Nc1ccncn1. The lowest BCUT2D eigenvalue weighted by Crippen LogP contribution is -2.21. The molecule has 5 aromatic rings. The number of rotatable bonds is 15. The number of ether oxygens (including phenoxy) is 2. The second kappa shape index (κ2) is 15.1. The van der Waals surface area contributed by atoms with Crippen LogP contribution in [0.2, 0.25) is 0 Å². The molecule has 0 aliphatic heterocycles. The molecule has 1 aliphatic rings. The molecule has 1 fully saturated rings. The van der Waals surface area contributed by atoms with Crippen molar-refractivity contribution in [1.29, 1.82) is 0 Å². The van der Waals surface area contributed by atoms with Gasteiger partial charge in [-0.05, 0) is 45.2 Å². The summed E-state index contributed by atoms with van der Waals surface area (Å²) >= 11 is 0. The summed E-state index contributed by atoms with van der Waals surface area (Å²) in [5.41, 5.74) is 2.22. The van der Waals surface area contributed by atoms with Crippen LogP contribution >= 0.6 is 0 Å². The molecule has 0 saturated heterocycles. The number of benzene rings is 1. The quantitative estimate of drug-likeness (QED) is 0.127. The van der Waals surface area contributed by atoms with E-state index in [1.165, 1.54) is 24.8 Å². The van der Waals surface area contributed by atoms with Crippen LogP contribution in [0.25, 0.3) is 11.5 Å². The first-order valence-corrected chi connectivity index (χ1v) is 15.9. The molecule has 4 aromatic heterocycles. The lowest BCUT2D eigenvalue weighted by Gasteiger charge is -2.17. The molecule has 1 aliphatic carbocycles. The molecule has 1 aromatic carbocycles. The highest BCUT2D eigenvalue weighted by Crippen LogP contribution is 2.45. The number of amides is 1. The molecule has 0 atom stereocenters. The minimum atomic E-state index is -0.726. The Morgan fingerprint density at radius 2 is 1.55 bits per heavy atom. The summed E-state index contributed by atoms with van der Waals surface area (Å²) in [6.45, 7) is 5.79. The molecule has 1 saturated carbocycles. The molecule has 0 spiro atoms. The van der Waals surface area contributed by atoms with Crippen LogP contribution < -0.4 is 20.7 Å². The van der Waals surface area contributed by atoms with E-state index < -0.39 is 17.5 Å². The van der Waals surface area contributed by atoms with Crippen molar-refractivity contribution >= 4 is 34.9 Å². The van der Waals surface area contributed by atoms with E-state index in [1.807, 2.05) is 6.92 Å². The maximum absolute atomic E-state index is 15.3. The molecule has 0 radical (unpaired) electrons. The second-order valence-corrected chi connectivity index (χ2v) is 11.0. The first kappa shape index (κ1) is 33.3. The van der Waals surface area contributed by atoms with Gasteiger partial charge in [0.05, 0.1) is 13.2 Å². The standard InChI is InChI=1S/C33H35F2N11O3/c1-4-21-28(45-46(30(21)19-7-8-19)15-22-23(34)13-20(49-6-3)14-24(22)35)31-43-32(40-25-9-11-36-17-38-25)29(42-27(47)16-48-5-2)33(44-31)41-26-10-12-37-18-39-26/h9-14,17-19H,4-8,15-16H2,1-3H3,(H,42,47)(H2,36,37,38,39,40,41,43,44). The van der Waals surface area contributed by atoms with Gasteiger partial charge in [0.25, 0.3) is 5.91 Å². The van der Waals surface area contributed by atoms with Crippen molar-refractivity contribution < 1.29 is 23.0 Å². The number of nitrogens with zero attached hydrogens (tertiary/aromatic N) is 8. The van der Waals surface area contributed by atoms with Crippen molar-refractivity contribution in [2.45, 2.75) is 52.5 Å². The summed E-state index contributed by atoms with van der Waals surface area (Å²) in [6, 6.07) is 5.65. The largest absolute Gasteiger partial charge is 0.494 e. The summed E-state index contributed by atoms with van der Waals surface area (Å²) < 4.78 is 42.8. The van der Waals surface area contributed by atoms with Crippen molar-refractivity contribution in [3.63, 3.8) is 0 Å². The van der Waals surface area contributed by atoms with Crippen LogP contribution in [-0.2, 0) is 22.5 Å². The number of hydrogen-bond acceptors (Lipinski definition) is 12. The smallest absolute Gasteiger partial charge is 0.250 e. The molecule has 0 bridgehead atoms. The Bertz CT molecular complexity index is 1840. The number of anilines is 5. The third-order valence-corrected chi connectivity index (χ3v) is 7.62. The van der Waals surface area contributed by atoms with Crippen LogP contribution in [0.3, 0.4) is 0 Å². The van der Waals surface area contributed by atoms with E-state index in [9.17, 15) is 4.79 Å². The Morgan fingerprint density at radius 3 is 2.06 bits per heavy atom. The molecule has 3 N–H and O–H groups in total. The summed E-state index contributed by atoms with van der Waals surface area (Å²) in [6.07, 6.45) is 8.24. The fourth-order valence-corrected chi connectivity index (χ4v) is 5.31. The first-order chi connectivity index (χ1) is 23.9. The predicted octanol–water partition coefficient (Wildman–Crippen LogP) is 5.55. The highest BCUT2D eigenvalue weighted by Gasteiger charge is 2.34. The topological polar surface area (TPSA) is 167 Å². The van der Waals surface area contributed by atoms with Crippen LogP contribution in [0.15, 0.2) is 49.3 Å². The van der Waals surface area contributed by atoms with E-state index in [-0.39, 0.29) is 60.1 Å². The molecule has 6 rings (SSSR count). The van der Waals surface area contributed by atoms with Crippen molar-refractivity contribution in [3.8, 4) is 17.3 Å². The summed E-state index contributed by atoms with van der Waals surface area (Å²) in [5.74, 6) is -0.231. The van der Waals surface area contributed by atoms with E-state index in [0.717, 1.165) is 24.1 Å². The highest BCUT2D eigenvalue weighted by molar-refractivity contribution is 5.99. The summed E-state index contributed by atoms with van der Waals surface area (Å²) in [7, 11) is 0. The Balaban J connectivity index is 1.50. The summed E-state index contributed by atoms with van der Waals surface area (Å²) in [5, 5.41) is 14.1. The molecule has 16 heteroatoms. The van der Waals surface area contributed by atoms with Gasteiger partial charge in [0.15, 0.2) is 17.5 Å². The maximum atomic E-state index is 15.3.